The van der Waals surface area contributed by atoms with Crippen molar-refractivity contribution in [2.75, 3.05) is 9.44 Å². The second-order valence-corrected chi connectivity index (χ2v) is 11.2. The zero-order chi connectivity index (χ0) is 21.4. The van der Waals surface area contributed by atoms with Crippen molar-refractivity contribution >= 4 is 42.8 Å². The van der Waals surface area contributed by atoms with Gasteiger partial charge < -0.3 is 0 Å². The van der Waals surface area contributed by atoms with Gasteiger partial charge >= 0.3 is 0 Å². The van der Waals surface area contributed by atoms with E-state index in [2.05, 4.69) is 9.44 Å². The summed E-state index contributed by atoms with van der Waals surface area (Å²) in [5, 5.41) is 0. The fourth-order valence-electron chi connectivity index (χ4n) is 2.78. The summed E-state index contributed by atoms with van der Waals surface area (Å²) in [6.07, 6.45) is 0. The summed E-state index contributed by atoms with van der Waals surface area (Å²) in [5.74, 6) is -0.714. The smallest absolute Gasteiger partial charge is 0.262 e. The predicted octanol–water partition coefficient (Wildman–Crippen LogP) is 4.41. The molecule has 6 nitrogen and oxygen atoms in total. The number of anilines is 2. The van der Waals surface area contributed by atoms with Crippen LogP contribution < -0.4 is 9.44 Å². The van der Waals surface area contributed by atoms with Crippen LogP contribution in [-0.2, 0) is 20.0 Å². The Morgan fingerprint density at radius 1 is 0.828 bits per heavy atom. The third-order valence-corrected chi connectivity index (χ3v) is 8.24. The molecule has 0 aliphatic carbocycles. The van der Waals surface area contributed by atoms with Gasteiger partial charge in [-0.2, -0.15) is 0 Å². The van der Waals surface area contributed by atoms with Gasteiger partial charge in [0.2, 0.25) is 0 Å². The maximum Gasteiger partial charge on any atom is 0.262 e. The molecule has 1 heterocycles. The largest absolute Gasteiger partial charge is 0.280 e. The Bertz CT molecular complexity index is 1280. The quantitative estimate of drug-likeness (QED) is 0.577. The second-order valence-electron chi connectivity index (χ2n) is 6.45. The highest BCUT2D eigenvalue weighted by Crippen LogP contribution is 2.29. The van der Waals surface area contributed by atoms with Crippen molar-refractivity contribution < 1.29 is 21.2 Å². The van der Waals surface area contributed by atoms with E-state index in [4.69, 9.17) is 0 Å². The average molecular weight is 455 g/mol. The van der Waals surface area contributed by atoms with E-state index in [1.165, 1.54) is 47.7 Å². The van der Waals surface area contributed by atoms with Gasteiger partial charge in [0.15, 0.2) is 0 Å². The van der Waals surface area contributed by atoms with Gasteiger partial charge in [-0.3, -0.25) is 9.44 Å². The van der Waals surface area contributed by atoms with E-state index >= 15 is 0 Å². The molecule has 0 bridgehead atoms. The van der Waals surface area contributed by atoms with E-state index in [0.717, 1.165) is 10.9 Å². The molecule has 10 heteroatoms. The average Bonchev–Trinajstić information content (AvgIpc) is 2.97. The molecule has 0 unspecified atom stereocenters. The molecule has 1 aromatic heterocycles. The Hall–Kier alpha value is -2.43. The monoisotopic (exact) mass is 454 g/mol. The number of aryl methyl sites for hydroxylation is 3. The lowest BCUT2D eigenvalue weighted by molar-refractivity contribution is 0.596. The number of benzene rings is 2. The molecule has 0 saturated heterocycles. The summed E-state index contributed by atoms with van der Waals surface area (Å²) in [4.78, 5) is 1.48. The SMILES string of the molecule is Cc1cc(S(=O)(=O)Nc2ccc(C)c(S(=O)(=O)Nc3ccccc3F)c2)c(C)s1. The highest BCUT2D eigenvalue weighted by molar-refractivity contribution is 7.93. The summed E-state index contributed by atoms with van der Waals surface area (Å²) in [6, 6.07) is 11.1. The van der Waals surface area contributed by atoms with Crippen LogP contribution in [0.25, 0.3) is 0 Å². The number of rotatable bonds is 6. The van der Waals surface area contributed by atoms with Crippen molar-refractivity contribution in [1.29, 1.82) is 0 Å². The van der Waals surface area contributed by atoms with Gasteiger partial charge in [0.05, 0.1) is 16.3 Å². The summed E-state index contributed by atoms with van der Waals surface area (Å²) in [7, 11) is -8.01. The summed E-state index contributed by atoms with van der Waals surface area (Å²) in [6.45, 7) is 5.08. The first-order chi connectivity index (χ1) is 13.5. The molecule has 0 spiro atoms. The molecule has 0 amide bonds. The van der Waals surface area contributed by atoms with Crippen LogP contribution in [0.1, 0.15) is 15.3 Å². The number of sulfonamides is 2. The molecule has 0 radical (unpaired) electrons. The van der Waals surface area contributed by atoms with Gasteiger partial charge in [0, 0.05) is 9.75 Å². The zero-order valence-corrected chi connectivity index (χ0v) is 18.3. The maximum absolute atomic E-state index is 13.8. The van der Waals surface area contributed by atoms with Crippen molar-refractivity contribution in [2.24, 2.45) is 0 Å². The van der Waals surface area contributed by atoms with E-state index < -0.39 is 25.9 Å². The number of thiophene rings is 1. The van der Waals surface area contributed by atoms with Gasteiger partial charge in [-0.1, -0.05) is 18.2 Å². The zero-order valence-electron chi connectivity index (χ0n) is 15.9. The highest BCUT2D eigenvalue weighted by Gasteiger charge is 2.22. The molecule has 0 atom stereocenters. The van der Waals surface area contributed by atoms with Crippen LogP contribution in [0.5, 0.6) is 0 Å². The minimum atomic E-state index is -4.14. The molecule has 29 heavy (non-hydrogen) atoms. The van der Waals surface area contributed by atoms with E-state index in [1.807, 2.05) is 6.92 Å². The van der Waals surface area contributed by atoms with Gasteiger partial charge in [-0.05, 0) is 56.7 Å². The molecule has 0 aliphatic rings. The third-order valence-electron chi connectivity index (χ3n) is 4.13. The Kier molecular flexibility index (Phi) is 5.70. The molecule has 0 aliphatic heterocycles. The molecular weight excluding hydrogens is 435 g/mol. The van der Waals surface area contributed by atoms with E-state index in [-0.39, 0.29) is 21.2 Å². The molecular formula is C19H19FN2O4S3. The van der Waals surface area contributed by atoms with Gasteiger partial charge in [-0.25, -0.2) is 21.2 Å². The van der Waals surface area contributed by atoms with Gasteiger partial charge in [0.1, 0.15) is 10.7 Å². The van der Waals surface area contributed by atoms with Crippen molar-refractivity contribution in [3.8, 4) is 0 Å². The summed E-state index contributed by atoms with van der Waals surface area (Å²) < 4.78 is 69.4. The van der Waals surface area contributed by atoms with Crippen LogP contribution in [0.15, 0.2) is 58.3 Å². The molecule has 154 valence electrons. The minimum absolute atomic E-state index is 0.0905. The molecule has 0 saturated carbocycles. The van der Waals surface area contributed by atoms with Crippen molar-refractivity contribution in [2.45, 2.75) is 30.6 Å². The Labute approximate surface area is 173 Å². The molecule has 0 fully saturated rings. The Balaban J connectivity index is 1.96. The lowest BCUT2D eigenvalue weighted by atomic mass is 10.2. The maximum atomic E-state index is 13.8. The van der Waals surface area contributed by atoms with E-state index in [1.54, 1.807) is 19.9 Å². The topological polar surface area (TPSA) is 92.3 Å². The Morgan fingerprint density at radius 2 is 1.48 bits per heavy atom. The molecule has 2 aromatic carbocycles. The normalized spacial score (nSPS) is 12.0. The van der Waals surface area contributed by atoms with Crippen LogP contribution >= 0.6 is 11.3 Å². The first-order valence-electron chi connectivity index (χ1n) is 8.47. The van der Waals surface area contributed by atoms with Crippen LogP contribution in [0.4, 0.5) is 15.8 Å². The lowest BCUT2D eigenvalue weighted by Crippen LogP contribution is -2.17. The van der Waals surface area contributed by atoms with Gasteiger partial charge in [-0.15, -0.1) is 11.3 Å². The Morgan fingerprint density at radius 3 is 2.10 bits per heavy atom. The molecule has 3 aromatic rings. The van der Waals surface area contributed by atoms with Crippen LogP contribution in [0.3, 0.4) is 0 Å². The van der Waals surface area contributed by atoms with Crippen LogP contribution in [-0.4, -0.2) is 16.8 Å². The second kappa shape index (κ2) is 7.77. The summed E-state index contributed by atoms with van der Waals surface area (Å²) in [5.41, 5.74) is 0.286. The highest BCUT2D eigenvalue weighted by atomic mass is 32.2. The fourth-order valence-corrected chi connectivity index (χ4v) is 6.73. The van der Waals surface area contributed by atoms with Crippen molar-refractivity contribution in [3.63, 3.8) is 0 Å². The van der Waals surface area contributed by atoms with Crippen LogP contribution in [0.2, 0.25) is 0 Å². The number of nitrogens with one attached hydrogen (secondary N) is 2. The summed E-state index contributed by atoms with van der Waals surface area (Å²) >= 11 is 1.36. The number of hydrogen-bond acceptors (Lipinski definition) is 5. The number of halogens is 1. The first-order valence-corrected chi connectivity index (χ1v) is 12.3. The van der Waals surface area contributed by atoms with Crippen molar-refractivity contribution in [1.82, 2.24) is 0 Å². The molecule has 2 N–H and O–H groups in total. The standard InChI is InChI=1S/C19H19FN2O4S3/c1-12-8-9-15(21-29(25,26)19-10-13(2)27-14(19)3)11-18(12)28(23,24)22-17-7-5-4-6-16(17)20/h4-11,21-22H,1-3H3. The number of hydrogen-bond donors (Lipinski definition) is 2. The van der Waals surface area contributed by atoms with E-state index in [0.29, 0.717) is 10.4 Å². The minimum Gasteiger partial charge on any atom is -0.280 e. The lowest BCUT2D eigenvalue weighted by Gasteiger charge is -2.13. The number of para-hydroxylation sites is 1. The third kappa shape index (κ3) is 4.60. The van der Waals surface area contributed by atoms with Gasteiger partial charge in [0.25, 0.3) is 20.0 Å². The predicted molar refractivity (Wildman–Crippen MR) is 113 cm³/mol. The van der Waals surface area contributed by atoms with E-state index in [9.17, 15) is 21.2 Å². The molecule has 3 rings (SSSR count). The fraction of sp³-hybridized carbons (Fsp3) is 0.158. The van der Waals surface area contributed by atoms with Crippen molar-refractivity contribution in [3.05, 3.63) is 69.7 Å². The van der Waals surface area contributed by atoms with Crippen LogP contribution in [0, 0.1) is 26.6 Å². The first kappa shape index (κ1) is 21.3.